The molecule has 2 atom stereocenters. The summed E-state index contributed by atoms with van der Waals surface area (Å²) in [5.41, 5.74) is 1.15. The minimum absolute atomic E-state index is 0.240. The van der Waals surface area contributed by atoms with Crippen LogP contribution in [0.15, 0.2) is 23.0 Å². The molecule has 0 saturated heterocycles. The van der Waals surface area contributed by atoms with Gasteiger partial charge in [-0.05, 0) is 25.8 Å². The van der Waals surface area contributed by atoms with Crippen molar-refractivity contribution in [1.29, 1.82) is 0 Å². The van der Waals surface area contributed by atoms with Gasteiger partial charge in [-0.3, -0.25) is 0 Å². The maximum absolute atomic E-state index is 8.85. The van der Waals surface area contributed by atoms with E-state index in [4.69, 9.17) is 9.52 Å². The lowest BCUT2D eigenvalue weighted by molar-refractivity contribution is 0.257. The van der Waals surface area contributed by atoms with Crippen LogP contribution in [0.4, 0.5) is 0 Å². The standard InChI is InChI=1S/C11H19NO2/c1-3-11(4-6-13)12-9(2)10-5-7-14-8-10/h5,7-9,11-13H,3-4,6H2,1-2H3. The molecule has 0 saturated carbocycles. The van der Waals surface area contributed by atoms with Crippen molar-refractivity contribution in [3.63, 3.8) is 0 Å². The summed E-state index contributed by atoms with van der Waals surface area (Å²) in [5.74, 6) is 0. The second-order valence-corrected chi connectivity index (χ2v) is 3.56. The van der Waals surface area contributed by atoms with Gasteiger partial charge in [0, 0.05) is 24.3 Å². The highest BCUT2D eigenvalue weighted by Gasteiger charge is 2.11. The van der Waals surface area contributed by atoms with E-state index in [1.54, 1.807) is 12.5 Å². The van der Waals surface area contributed by atoms with Gasteiger partial charge in [-0.2, -0.15) is 0 Å². The summed E-state index contributed by atoms with van der Waals surface area (Å²) >= 11 is 0. The summed E-state index contributed by atoms with van der Waals surface area (Å²) in [6.07, 6.45) is 5.27. The van der Waals surface area contributed by atoms with E-state index in [1.807, 2.05) is 6.07 Å². The number of furan rings is 1. The largest absolute Gasteiger partial charge is 0.472 e. The van der Waals surface area contributed by atoms with E-state index in [0.29, 0.717) is 6.04 Å². The summed E-state index contributed by atoms with van der Waals surface area (Å²) in [5, 5.41) is 12.3. The van der Waals surface area contributed by atoms with Crippen LogP contribution in [0.2, 0.25) is 0 Å². The van der Waals surface area contributed by atoms with E-state index >= 15 is 0 Å². The lowest BCUT2D eigenvalue weighted by Crippen LogP contribution is -2.31. The van der Waals surface area contributed by atoms with Crippen molar-refractivity contribution in [1.82, 2.24) is 5.32 Å². The zero-order valence-electron chi connectivity index (χ0n) is 8.86. The molecule has 0 aliphatic rings. The molecule has 0 spiro atoms. The molecule has 0 aromatic carbocycles. The van der Waals surface area contributed by atoms with Gasteiger partial charge >= 0.3 is 0 Å². The van der Waals surface area contributed by atoms with Crippen molar-refractivity contribution in [2.24, 2.45) is 0 Å². The highest BCUT2D eigenvalue weighted by Crippen LogP contribution is 2.14. The van der Waals surface area contributed by atoms with Gasteiger partial charge in [0.2, 0.25) is 0 Å². The van der Waals surface area contributed by atoms with E-state index in [-0.39, 0.29) is 12.6 Å². The number of hydrogen-bond donors (Lipinski definition) is 2. The molecule has 2 N–H and O–H groups in total. The van der Waals surface area contributed by atoms with Crippen LogP contribution in [-0.2, 0) is 0 Å². The van der Waals surface area contributed by atoms with Crippen molar-refractivity contribution in [3.8, 4) is 0 Å². The van der Waals surface area contributed by atoms with E-state index in [0.717, 1.165) is 18.4 Å². The van der Waals surface area contributed by atoms with Crippen molar-refractivity contribution in [3.05, 3.63) is 24.2 Å². The van der Waals surface area contributed by atoms with Crippen molar-refractivity contribution in [2.45, 2.75) is 38.8 Å². The number of aliphatic hydroxyl groups is 1. The van der Waals surface area contributed by atoms with Crippen LogP contribution in [0, 0.1) is 0 Å². The van der Waals surface area contributed by atoms with E-state index in [9.17, 15) is 0 Å². The van der Waals surface area contributed by atoms with Crippen LogP contribution < -0.4 is 5.32 Å². The topological polar surface area (TPSA) is 45.4 Å². The van der Waals surface area contributed by atoms with Crippen LogP contribution in [0.1, 0.15) is 38.3 Å². The van der Waals surface area contributed by atoms with Gasteiger partial charge in [-0.25, -0.2) is 0 Å². The SMILES string of the molecule is CCC(CCO)NC(C)c1ccoc1. The van der Waals surface area contributed by atoms with Gasteiger partial charge in [0.15, 0.2) is 0 Å². The zero-order valence-corrected chi connectivity index (χ0v) is 8.86. The molecule has 0 fully saturated rings. The third-order valence-electron chi connectivity index (χ3n) is 2.50. The van der Waals surface area contributed by atoms with Gasteiger partial charge in [0.25, 0.3) is 0 Å². The third-order valence-corrected chi connectivity index (χ3v) is 2.50. The molecule has 14 heavy (non-hydrogen) atoms. The first kappa shape index (κ1) is 11.3. The molecule has 2 unspecified atom stereocenters. The van der Waals surface area contributed by atoms with Crippen LogP contribution >= 0.6 is 0 Å². The normalized spacial score (nSPS) is 15.4. The first-order chi connectivity index (χ1) is 6.77. The smallest absolute Gasteiger partial charge is 0.0950 e. The first-order valence-corrected chi connectivity index (χ1v) is 5.17. The molecule has 3 nitrogen and oxygen atoms in total. The number of hydrogen-bond acceptors (Lipinski definition) is 3. The molecule has 1 aromatic rings. The number of nitrogens with one attached hydrogen (secondary N) is 1. The fraction of sp³-hybridized carbons (Fsp3) is 0.636. The lowest BCUT2D eigenvalue weighted by Gasteiger charge is -2.20. The second kappa shape index (κ2) is 5.83. The summed E-state index contributed by atoms with van der Waals surface area (Å²) in [6.45, 7) is 4.46. The Morgan fingerprint density at radius 2 is 2.36 bits per heavy atom. The van der Waals surface area contributed by atoms with Crippen molar-refractivity contribution in [2.75, 3.05) is 6.61 Å². The van der Waals surface area contributed by atoms with Gasteiger partial charge in [0.05, 0.1) is 12.5 Å². The molecular weight excluding hydrogens is 178 g/mol. The predicted molar refractivity (Wildman–Crippen MR) is 56.0 cm³/mol. The Morgan fingerprint density at radius 3 is 2.86 bits per heavy atom. The summed E-state index contributed by atoms with van der Waals surface area (Å²) in [7, 11) is 0. The summed E-state index contributed by atoms with van der Waals surface area (Å²) in [4.78, 5) is 0. The quantitative estimate of drug-likeness (QED) is 0.734. The molecule has 0 amide bonds. The molecule has 1 rings (SSSR count). The highest BCUT2D eigenvalue weighted by atomic mass is 16.3. The second-order valence-electron chi connectivity index (χ2n) is 3.56. The summed E-state index contributed by atoms with van der Waals surface area (Å²) in [6, 6.07) is 2.62. The Hall–Kier alpha value is -0.800. The first-order valence-electron chi connectivity index (χ1n) is 5.17. The molecule has 0 aliphatic carbocycles. The molecular formula is C11H19NO2. The molecule has 0 radical (unpaired) electrons. The fourth-order valence-corrected chi connectivity index (χ4v) is 1.53. The van der Waals surface area contributed by atoms with Gasteiger partial charge < -0.3 is 14.8 Å². The molecule has 0 bridgehead atoms. The van der Waals surface area contributed by atoms with Crippen molar-refractivity contribution >= 4 is 0 Å². The molecule has 80 valence electrons. The zero-order chi connectivity index (χ0) is 10.4. The van der Waals surface area contributed by atoms with Crippen molar-refractivity contribution < 1.29 is 9.52 Å². The number of aliphatic hydroxyl groups excluding tert-OH is 1. The monoisotopic (exact) mass is 197 g/mol. The average molecular weight is 197 g/mol. The Kier molecular flexibility index (Phi) is 4.70. The van der Waals surface area contributed by atoms with Crippen LogP contribution in [0.5, 0.6) is 0 Å². The number of rotatable bonds is 6. The summed E-state index contributed by atoms with van der Waals surface area (Å²) < 4.78 is 5.02. The van der Waals surface area contributed by atoms with Gasteiger partial charge in [-0.15, -0.1) is 0 Å². The van der Waals surface area contributed by atoms with E-state index in [1.165, 1.54) is 0 Å². The fourth-order valence-electron chi connectivity index (χ4n) is 1.53. The molecule has 3 heteroatoms. The van der Waals surface area contributed by atoms with Gasteiger partial charge in [-0.1, -0.05) is 6.92 Å². The Morgan fingerprint density at radius 1 is 1.57 bits per heavy atom. The lowest BCUT2D eigenvalue weighted by atomic mass is 10.1. The third kappa shape index (κ3) is 3.16. The minimum Gasteiger partial charge on any atom is -0.472 e. The molecule has 1 heterocycles. The highest BCUT2D eigenvalue weighted by molar-refractivity contribution is 5.10. The Labute approximate surface area is 85.1 Å². The van der Waals surface area contributed by atoms with Crippen LogP contribution in [0.25, 0.3) is 0 Å². The van der Waals surface area contributed by atoms with Crippen LogP contribution in [0.3, 0.4) is 0 Å². The maximum Gasteiger partial charge on any atom is 0.0950 e. The van der Waals surface area contributed by atoms with Crippen LogP contribution in [-0.4, -0.2) is 17.8 Å². The Bertz CT molecular complexity index is 233. The Balaban J connectivity index is 2.42. The van der Waals surface area contributed by atoms with Gasteiger partial charge in [0.1, 0.15) is 0 Å². The average Bonchev–Trinajstić information content (AvgIpc) is 2.69. The maximum atomic E-state index is 8.85. The molecule has 0 aliphatic heterocycles. The predicted octanol–water partition coefficient (Wildman–Crippen LogP) is 2.09. The van der Waals surface area contributed by atoms with E-state index in [2.05, 4.69) is 19.2 Å². The molecule has 1 aromatic heterocycles. The van der Waals surface area contributed by atoms with E-state index < -0.39 is 0 Å². The minimum atomic E-state index is 0.240.